The number of nitrogens with zero attached hydrogens (tertiary/aromatic N) is 2. The van der Waals surface area contributed by atoms with Crippen molar-refractivity contribution in [3.05, 3.63) is 206 Å². The summed E-state index contributed by atoms with van der Waals surface area (Å²) in [5.74, 6) is 0.630. The first-order valence-electron chi connectivity index (χ1n) is 18.3. The minimum atomic E-state index is 0.630. The van der Waals surface area contributed by atoms with Gasteiger partial charge in [-0.15, -0.1) is 0 Å². The van der Waals surface area contributed by atoms with Crippen molar-refractivity contribution in [1.82, 2.24) is 4.98 Å². The fraction of sp³-hybridized carbons (Fsp3) is 0. The zero-order chi connectivity index (χ0) is 35.8. The van der Waals surface area contributed by atoms with Crippen molar-refractivity contribution in [1.29, 1.82) is 0 Å². The topological polar surface area (TPSA) is 29.3 Å². The van der Waals surface area contributed by atoms with Crippen molar-refractivity contribution in [2.45, 2.75) is 0 Å². The van der Waals surface area contributed by atoms with Crippen molar-refractivity contribution in [2.24, 2.45) is 0 Å². The quantitative estimate of drug-likeness (QED) is 0.167. The number of hydrogen-bond acceptors (Lipinski definition) is 3. The van der Waals surface area contributed by atoms with Crippen molar-refractivity contribution in [2.75, 3.05) is 4.90 Å². The average Bonchev–Trinajstić information content (AvgIpc) is 3.71. The van der Waals surface area contributed by atoms with Gasteiger partial charge < -0.3 is 9.32 Å². The van der Waals surface area contributed by atoms with Crippen LogP contribution >= 0.6 is 0 Å². The molecule has 10 rings (SSSR count). The number of anilines is 3. The molecule has 0 saturated heterocycles. The van der Waals surface area contributed by atoms with Crippen LogP contribution in [-0.4, -0.2) is 4.98 Å². The molecule has 0 radical (unpaired) electrons. The summed E-state index contributed by atoms with van der Waals surface area (Å²) in [5, 5.41) is 4.70. The Labute approximate surface area is 314 Å². The second kappa shape index (κ2) is 13.4. The van der Waals surface area contributed by atoms with Gasteiger partial charge in [0.15, 0.2) is 5.58 Å². The second-order valence-corrected chi connectivity index (χ2v) is 13.6. The van der Waals surface area contributed by atoms with E-state index in [2.05, 4.69) is 175 Å². The Bertz CT molecular complexity index is 2890. The summed E-state index contributed by atoms with van der Waals surface area (Å²) in [6, 6.07) is 72.9. The third-order valence-electron chi connectivity index (χ3n) is 10.3. The Morgan fingerprint density at radius 1 is 0.352 bits per heavy atom. The van der Waals surface area contributed by atoms with Gasteiger partial charge in [0.25, 0.3) is 0 Å². The summed E-state index contributed by atoms with van der Waals surface area (Å²) >= 11 is 0. The highest BCUT2D eigenvalue weighted by Crippen LogP contribution is 2.40. The summed E-state index contributed by atoms with van der Waals surface area (Å²) in [4.78, 5) is 7.34. The number of para-hydroxylation sites is 1. The van der Waals surface area contributed by atoms with Gasteiger partial charge >= 0.3 is 0 Å². The molecule has 0 unspecified atom stereocenters. The molecule has 0 saturated carbocycles. The minimum Gasteiger partial charge on any atom is -0.435 e. The summed E-state index contributed by atoms with van der Waals surface area (Å²) in [6.07, 6.45) is 0. The molecule has 0 amide bonds. The van der Waals surface area contributed by atoms with E-state index in [0.29, 0.717) is 5.89 Å². The smallest absolute Gasteiger partial charge is 0.227 e. The van der Waals surface area contributed by atoms with Crippen LogP contribution in [0.25, 0.3) is 77.5 Å². The number of aromatic nitrogens is 1. The van der Waals surface area contributed by atoms with E-state index in [1.807, 2.05) is 36.4 Å². The molecule has 254 valence electrons. The first-order chi connectivity index (χ1) is 26.8. The predicted molar refractivity (Wildman–Crippen MR) is 225 cm³/mol. The van der Waals surface area contributed by atoms with Crippen molar-refractivity contribution in [3.63, 3.8) is 0 Å². The lowest BCUT2D eigenvalue weighted by atomic mass is 9.97. The van der Waals surface area contributed by atoms with E-state index in [9.17, 15) is 0 Å². The molecule has 1 aromatic heterocycles. The summed E-state index contributed by atoms with van der Waals surface area (Å²) < 4.78 is 6.44. The molecule has 54 heavy (non-hydrogen) atoms. The van der Waals surface area contributed by atoms with Crippen LogP contribution in [0, 0.1) is 0 Å². The highest BCUT2D eigenvalue weighted by atomic mass is 16.3. The second-order valence-electron chi connectivity index (χ2n) is 13.6. The summed E-state index contributed by atoms with van der Waals surface area (Å²) in [6.45, 7) is 0. The lowest BCUT2D eigenvalue weighted by Gasteiger charge is -2.26. The Morgan fingerprint density at radius 2 is 0.852 bits per heavy atom. The SMILES string of the molecule is c1ccc(-c2nc3c(-c4ccc(-c5ccc(N(c6ccccc6)c6ccc(-c7cccc8ccccc78)cc6)cc5)cc4)cc4ccccc4c3o2)cc1. The Balaban J connectivity index is 0.974. The highest BCUT2D eigenvalue weighted by molar-refractivity contribution is 6.10. The molecule has 0 aliphatic carbocycles. The van der Waals surface area contributed by atoms with Crippen LogP contribution in [0.5, 0.6) is 0 Å². The van der Waals surface area contributed by atoms with Crippen molar-refractivity contribution in [3.8, 4) is 44.8 Å². The van der Waals surface area contributed by atoms with E-state index in [1.54, 1.807) is 0 Å². The van der Waals surface area contributed by atoms with E-state index < -0.39 is 0 Å². The van der Waals surface area contributed by atoms with Gasteiger partial charge in [0.05, 0.1) is 0 Å². The number of rotatable bonds is 7. The molecule has 0 aliphatic heterocycles. The van der Waals surface area contributed by atoms with E-state index in [0.717, 1.165) is 66.8 Å². The van der Waals surface area contributed by atoms with E-state index in [-0.39, 0.29) is 0 Å². The van der Waals surface area contributed by atoms with Crippen LogP contribution in [0.1, 0.15) is 0 Å². The molecule has 9 aromatic carbocycles. The number of hydrogen-bond donors (Lipinski definition) is 0. The molecule has 3 nitrogen and oxygen atoms in total. The lowest BCUT2D eigenvalue weighted by Crippen LogP contribution is -2.09. The fourth-order valence-electron chi connectivity index (χ4n) is 7.60. The number of oxazole rings is 1. The first kappa shape index (κ1) is 31.5. The van der Waals surface area contributed by atoms with Crippen LogP contribution in [0.15, 0.2) is 211 Å². The van der Waals surface area contributed by atoms with E-state index in [4.69, 9.17) is 9.40 Å². The molecule has 1 heterocycles. The van der Waals surface area contributed by atoms with Gasteiger partial charge in [0.2, 0.25) is 5.89 Å². The summed E-state index contributed by atoms with van der Waals surface area (Å²) in [5.41, 5.74) is 12.9. The summed E-state index contributed by atoms with van der Waals surface area (Å²) in [7, 11) is 0. The molecule has 10 aromatic rings. The molecule has 3 heteroatoms. The maximum absolute atomic E-state index is 6.44. The third-order valence-corrected chi connectivity index (χ3v) is 10.3. The molecular weight excluding hydrogens is 657 g/mol. The fourth-order valence-corrected chi connectivity index (χ4v) is 7.60. The minimum absolute atomic E-state index is 0.630. The van der Waals surface area contributed by atoms with Gasteiger partial charge in [-0.25, -0.2) is 4.98 Å². The maximum Gasteiger partial charge on any atom is 0.227 e. The van der Waals surface area contributed by atoms with Crippen molar-refractivity contribution < 1.29 is 4.42 Å². The average molecular weight is 691 g/mol. The third kappa shape index (κ3) is 5.69. The Morgan fingerprint density at radius 3 is 1.56 bits per heavy atom. The van der Waals surface area contributed by atoms with Gasteiger partial charge in [-0.05, 0) is 98.6 Å². The van der Waals surface area contributed by atoms with Crippen LogP contribution in [0.2, 0.25) is 0 Å². The monoisotopic (exact) mass is 690 g/mol. The number of benzene rings is 9. The van der Waals surface area contributed by atoms with Gasteiger partial charge in [0, 0.05) is 33.6 Å². The first-order valence-corrected chi connectivity index (χ1v) is 18.3. The van der Waals surface area contributed by atoms with Gasteiger partial charge in [-0.1, -0.05) is 152 Å². The van der Waals surface area contributed by atoms with Crippen molar-refractivity contribution >= 4 is 49.7 Å². The van der Waals surface area contributed by atoms with Crippen LogP contribution in [-0.2, 0) is 0 Å². The number of fused-ring (bicyclic) bond motifs is 4. The van der Waals surface area contributed by atoms with Gasteiger partial charge in [-0.2, -0.15) is 0 Å². The normalized spacial score (nSPS) is 11.3. The van der Waals surface area contributed by atoms with Crippen LogP contribution in [0.3, 0.4) is 0 Å². The largest absolute Gasteiger partial charge is 0.435 e. The molecule has 0 N–H and O–H groups in total. The molecule has 0 bridgehead atoms. The van der Waals surface area contributed by atoms with Crippen LogP contribution in [0.4, 0.5) is 17.1 Å². The highest BCUT2D eigenvalue weighted by Gasteiger charge is 2.17. The van der Waals surface area contributed by atoms with E-state index in [1.165, 1.54) is 21.9 Å². The van der Waals surface area contributed by atoms with Crippen LogP contribution < -0.4 is 4.90 Å². The molecule has 0 fully saturated rings. The zero-order valence-corrected chi connectivity index (χ0v) is 29.4. The molecular formula is C51H34N2O. The Hall–Kier alpha value is -7.23. The van der Waals surface area contributed by atoms with Gasteiger partial charge in [0.1, 0.15) is 5.52 Å². The Kier molecular flexibility index (Phi) is 7.81. The standard InChI is InChI=1S/C51H34N2O/c1-3-13-40(14-4-1)51-52-49-48(34-41-15-8-10-20-47(41)50(49)54-51)39-24-22-35(23-25-39)36-26-30-43(31-27-36)53(42-17-5-2-6-18-42)44-32-28-38(29-33-44)46-21-11-16-37-12-7-9-19-45(37)46/h1-34H. The molecule has 0 spiro atoms. The molecule has 0 atom stereocenters. The zero-order valence-electron chi connectivity index (χ0n) is 29.4. The predicted octanol–water partition coefficient (Wildman–Crippen LogP) is 14.3. The van der Waals surface area contributed by atoms with Gasteiger partial charge in [-0.3, -0.25) is 0 Å². The lowest BCUT2D eigenvalue weighted by molar-refractivity contribution is 0.623. The maximum atomic E-state index is 6.44. The van der Waals surface area contributed by atoms with E-state index >= 15 is 0 Å². The molecule has 0 aliphatic rings.